The van der Waals surface area contributed by atoms with Crippen molar-refractivity contribution in [3.05, 3.63) is 77.4 Å². The summed E-state index contributed by atoms with van der Waals surface area (Å²) in [4.78, 5) is 11.5. The molecule has 8 heteroatoms. The molecule has 0 unspecified atom stereocenters. The topological polar surface area (TPSA) is 84.9 Å². The number of hydrogen-bond donors (Lipinski definition) is 1. The lowest BCUT2D eigenvalue weighted by atomic mass is 9.93. The van der Waals surface area contributed by atoms with E-state index in [2.05, 4.69) is 32.0 Å². The lowest BCUT2D eigenvalue weighted by molar-refractivity contribution is -0.117. The number of carbonyl (C=O) groups excluding carboxylic acids is 1. The van der Waals surface area contributed by atoms with Crippen LogP contribution in [0.2, 0.25) is 0 Å². The molecular weight excluding hydrogens is 428 g/mol. The summed E-state index contributed by atoms with van der Waals surface area (Å²) >= 11 is 0. The number of fused-ring (bicyclic) bond motifs is 1. The summed E-state index contributed by atoms with van der Waals surface area (Å²) in [5, 5.41) is 0. The van der Waals surface area contributed by atoms with E-state index in [1.54, 1.807) is 24.3 Å². The Balaban J connectivity index is 1.40. The first-order valence-electron chi connectivity index (χ1n) is 10.3. The number of para-hydroxylation sites is 1. The molecule has 0 saturated carbocycles. The summed E-state index contributed by atoms with van der Waals surface area (Å²) in [5.74, 6) is 0.868. The first-order valence-corrected chi connectivity index (χ1v) is 11.7. The fourth-order valence-corrected chi connectivity index (χ4v) is 5.43. The number of nitrogens with one attached hydrogen (secondary N) is 1. The van der Waals surface area contributed by atoms with Crippen LogP contribution in [0.5, 0.6) is 11.5 Å². The van der Waals surface area contributed by atoms with Gasteiger partial charge in [-0.3, -0.25) is 4.79 Å². The van der Waals surface area contributed by atoms with Gasteiger partial charge in [0.25, 0.3) is 5.91 Å². The predicted molar refractivity (Wildman–Crippen MR) is 121 cm³/mol. The fraction of sp³-hybridized carbons (Fsp3) is 0.208. The van der Waals surface area contributed by atoms with Crippen molar-refractivity contribution in [1.29, 1.82) is 0 Å². The Morgan fingerprint density at radius 2 is 1.69 bits per heavy atom. The molecule has 1 saturated heterocycles. The van der Waals surface area contributed by atoms with Crippen molar-refractivity contribution >= 4 is 21.8 Å². The van der Waals surface area contributed by atoms with E-state index in [1.807, 2.05) is 22.9 Å². The van der Waals surface area contributed by atoms with Gasteiger partial charge in [0.05, 0.1) is 5.69 Å². The lowest BCUT2D eigenvalue weighted by Crippen LogP contribution is -2.29. The van der Waals surface area contributed by atoms with Crippen LogP contribution < -0.4 is 18.5 Å². The summed E-state index contributed by atoms with van der Waals surface area (Å²) in [6.07, 6.45) is -0.279. The zero-order valence-corrected chi connectivity index (χ0v) is 18.5. The highest BCUT2D eigenvalue weighted by molar-refractivity contribution is 7.92. The second-order valence-corrected chi connectivity index (χ2v) is 9.53. The van der Waals surface area contributed by atoms with Crippen LogP contribution in [-0.2, 0) is 15.0 Å². The number of carbonyl (C=O) groups is 1. The third kappa shape index (κ3) is 3.46. The first-order chi connectivity index (χ1) is 15.3. The van der Waals surface area contributed by atoms with E-state index in [-0.39, 0.29) is 12.6 Å². The quantitative estimate of drug-likeness (QED) is 0.656. The van der Waals surface area contributed by atoms with Gasteiger partial charge in [0.2, 0.25) is 0 Å². The van der Waals surface area contributed by atoms with Gasteiger partial charge in [-0.15, -0.1) is 0 Å². The van der Waals surface area contributed by atoms with E-state index in [9.17, 15) is 13.2 Å². The highest BCUT2D eigenvalue weighted by atomic mass is 32.2. The van der Waals surface area contributed by atoms with Crippen LogP contribution in [0.1, 0.15) is 22.8 Å². The third-order valence-electron chi connectivity index (χ3n) is 5.75. The first kappa shape index (κ1) is 20.4. The fourth-order valence-electron chi connectivity index (χ4n) is 4.28. The molecule has 164 valence electrons. The number of nitrogens with zero attached hydrogens (tertiary/aromatic N) is 1. The Bertz CT molecular complexity index is 1300. The van der Waals surface area contributed by atoms with E-state index >= 15 is 0 Å². The average Bonchev–Trinajstić information content (AvgIpc) is 3.28. The molecule has 0 aromatic heterocycles. The number of amides is 1. The van der Waals surface area contributed by atoms with Crippen molar-refractivity contribution in [1.82, 2.24) is 4.72 Å². The van der Waals surface area contributed by atoms with E-state index < -0.39 is 16.1 Å². The molecule has 3 aromatic carbocycles. The van der Waals surface area contributed by atoms with Gasteiger partial charge in [-0.05, 0) is 54.8 Å². The normalized spacial score (nSPS) is 18.8. The summed E-state index contributed by atoms with van der Waals surface area (Å²) < 4.78 is 39.3. The molecule has 2 aliphatic rings. The molecule has 0 aliphatic carbocycles. The summed E-state index contributed by atoms with van der Waals surface area (Å²) in [7, 11) is -3.83. The molecule has 0 spiro atoms. The van der Waals surface area contributed by atoms with E-state index in [1.165, 1.54) is 16.7 Å². The molecule has 2 heterocycles. The van der Waals surface area contributed by atoms with E-state index in [4.69, 9.17) is 9.47 Å². The van der Waals surface area contributed by atoms with Gasteiger partial charge in [-0.2, -0.15) is 8.42 Å². The van der Waals surface area contributed by atoms with E-state index in [0.29, 0.717) is 18.0 Å². The number of rotatable bonds is 4. The summed E-state index contributed by atoms with van der Waals surface area (Å²) in [6, 6.07) is 19.0. The highest BCUT2D eigenvalue weighted by Crippen LogP contribution is 2.44. The Hall–Kier alpha value is -3.52. The van der Waals surface area contributed by atoms with Crippen molar-refractivity contribution in [3.8, 4) is 22.6 Å². The number of hydrogen-bond acceptors (Lipinski definition) is 5. The van der Waals surface area contributed by atoms with Crippen molar-refractivity contribution in [2.75, 3.05) is 17.5 Å². The molecule has 0 bridgehead atoms. The zero-order valence-electron chi connectivity index (χ0n) is 17.7. The average molecular weight is 451 g/mol. The number of anilines is 1. The summed E-state index contributed by atoms with van der Waals surface area (Å²) in [6.45, 7) is 4.34. The van der Waals surface area contributed by atoms with Gasteiger partial charge >= 0.3 is 10.2 Å². The van der Waals surface area contributed by atoms with Crippen LogP contribution in [0.3, 0.4) is 0 Å². The van der Waals surface area contributed by atoms with Gasteiger partial charge in [-0.25, -0.2) is 9.03 Å². The highest BCUT2D eigenvalue weighted by Gasteiger charge is 2.34. The maximum absolute atomic E-state index is 12.0. The zero-order chi connectivity index (χ0) is 22.5. The van der Waals surface area contributed by atoms with Crippen molar-refractivity contribution in [2.24, 2.45) is 0 Å². The van der Waals surface area contributed by atoms with E-state index in [0.717, 1.165) is 21.2 Å². The van der Waals surface area contributed by atoms with Crippen molar-refractivity contribution in [3.63, 3.8) is 0 Å². The Morgan fingerprint density at radius 1 is 1.00 bits per heavy atom. The Morgan fingerprint density at radius 3 is 2.34 bits per heavy atom. The molecule has 1 atom stereocenters. The van der Waals surface area contributed by atoms with Crippen LogP contribution in [-0.4, -0.2) is 27.5 Å². The molecule has 1 amide bonds. The largest absolute Gasteiger partial charge is 0.488 e. The third-order valence-corrected chi connectivity index (χ3v) is 7.15. The monoisotopic (exact) mass is 450 g/mol. The smallest absolute Gasteiger partial charge is 0.326 e. The molecule has 2 aliphatic heterocycles. The standard InChI is InChI=1S/C24H22N2O5S/c1-15-5-3-6-16(2)23(15)20-8-4-7-19-21(14-30-24(19)20)31-18-11-9-17(10-12-18)26-13-22(27)25-32(26,28)29/h3-12,21H,13-14H2,1-2H3,(H,25,27)/t21-/m1/s1. The number of ether oxygens (including phenoxy) is 2. The molecule has 3 aromatic rings. The van der Waals surface area contributed by atoms with Crippen molar-refractivity contribution < 1.29 is 22.7 Å². The SMILES string of the molecule is Cc1cccc(C)c1-c1cccc2c1OC[C@H]2Oc1ccc(N2CC(=O)NS2(=O)=O)cc1. The maximum Gasteiger partial charge on any atom is 0.326 e. The Labute approximate surface area is 186 Å². The number of aryl methyl sites for hydroxylation is 2. The van der Waals surface area contributed by atoms with Crippen molar-refractivity contribution in [2.45, 2.75) is 20.0 Å². The minimum absolute atomic E-state index is 0.229. The number of benzene rings is 3. The van der Waals surface area contributed by atoms with Crippen LogP contribution in [0.4, 0.5) is 5.69 Å². The molecule has 1 fully saturated rings. The maximum atomic E-state index is 12.0. The summed E-state index contributed by atoms with van der Waals surface area (Å²) in [5.41, 5.74) is 5.97. The molecular formula is C24H22N2O5S. The Kier molecular flexibility index (Phi) is 4.82. The molecule has 32 heavy (non-hydrogen) atoms. The van der Waals surface area contributed by atoms with Crippen LogP contribution >= 0.6 is 0 Å². The van der Waals surface area contributed by atoms with Gasteiger partial charge < -0.3 is 9.47 Å². The predicted octanol–water partition coefficient (Wildman–Crippen LogP) is 3.66. The minimum atomic E-state index is -3.83. The minimum Gasteiger partial charge on any atom is -0.488 e. The van der Waals surface area contributed by atoms with Gasteiger partial charge in [0.15, 0.2) is 6.10 Å². The van der Waals surface area contributed by atoms with Gasteiger partial charge in [0.1, 0.15) is 24.7 Å². The second kappa shape index (κ2) is 7.56. The second-order valence-electron chi connectivity index (χ2n) is 7.94. The van der Waals surface area contributed by atoms with Gasteiger partial charge in [-0.1, -0.05) is 36.4 Å². The molecule has 7 nitrogen and oxygen atoms in total. The van der Waals surface area contributed by atoms with Crippen LogP contribution in [0.15, 0.2) is 60.7 Å². The molecule has 5 rings (SSSR count). The van der Waals surface area contributed by atoms with Crippen LogP contribution in [0, 0.1) is 13.8 Å². The van der Waals surface area contributed by atoms with Gasteiger partial charge in [0, 0.05) is 11.1 Å². The van der Waals surface area contributed by atoms with Crippen LogP contribution in [0.25, 0.3) is 11.1 Å². The molecule has 0 radical (unpaired) electrons. The lowest BCUT2D eigenvalue weighted by Gasteiger charge is -2.17. The molecule has 1 N–H and O–H groups in total.